The number of halogens is 1. The first-order valence-electron chi connectivity index (χ1n) is 6.12. The number of rotatable bonds is 0. The maximum atomic E-state index is 12.1. The Morgan fingerprint density at radius 2 is 2.22 bits per heavy atom. The Bertz CT molecular complexity index is 517. The Morgan fingerprint density at radius 3 is 3.00 bits per heavy atom. The largest absolute Gasteiger partial charge is 0.371 e. The van der Waals surface area contributed by atoms with E-state index < -0.39 is 0 Å². The molecule has 1 aromatic rings. The molecule has 1 aromatic carbocycles. The van der Waals surface area contributed by atoms with Gasteiger partial charge in [-0.2, -0.15) is 0 Å². The third-order valence-electron chi connectivity index (χ3n) is 3.66. The van der Waals surface area contributed by atoms with Crippen molar-refractivity contribution in [2.75, 3.05) is 36.5 Å². The molecule has 1 unspecified atom stereocenters. The fourth-order valence-electron chi connectivity index (χ4n) is 3.01. The van der Waals surface area contributed by atoms with Crippen molar-refractivity contribution in [1.82, 2.24) is 5.32 Å². The van der Waals surface area contributed by atoms with Crippen LogP contribution < -0.4 is 15.1 Å². The lowest BCUT2D eigenvalue weighted by Gasteiger charge is -2.45. The minimum Gasteiger partial charge on any atom is -0.371 e. The van der Waals surface area contributed by atoms with Gasteiger partial charge in [-0.3, -0.25) is 4.79 Å². The molecule has 96 valence electrons. The van der Waals surface area contributed by atoms with Crippen LogP contribution >= 0.6 is 11.6 Å². The highest BCUT2D eigenvalue weighted by Crippen LogP contribution is 2.40. The monoisotopic (exact) mass is 265 g/mol. The molecule has 4 nitrogen and oxygen atoms in total. The van der Waals surface area contributed by atoms with Crippen LogP contribution in [0, 0.1) is 6.92 Å². The first kappa shape index (κ1) is 11.8. The summed E-state index contributed by atoms with van der Waals surface area (Å²) in [6.45, 7) is 4.13. The second-order valence-corrected chi connectivity index (χ2v) is 5.46. The van der Waals surface area contributed by atoms with Gasteiger partial charge >= 0.3 is 0 Å². The average Bonchev–Trinajstić information content (AvgIpc) is 2.27. The predicted octanol–water partition coefficient (Wildman–Crippen LogP) is 1.40. The number of likely N-dealkylation sites (N-methyl/N-ethyl adjacent to an activating group) is 1. The minimum absolute atomic E-state index is 0.127. The number of hydrogen-bond donors (Lipinski definition) is 1. The number of nitrogens with one attached hydrogen (secondary N) is 1. The van der Waals surface area contributed by atoms with Crippen molar-refractivity contribution in [2.45, 2.75) is 13.0 Å². The molecule has 0 bridgehead atoms. The Balaban J connectivity index is 2.17. The van der Waals surface area contributed by atoms with E-state index in [-0.39, 0.29) is 11.9 Å². The molecule has 0 radical (unpaired) electrons. The maximum absolute atomic E-state index is 12.1. The average molecular weight is 266 g/mol. The van der Waals surface area contributed by atoms with E-state index in [9.17, 15) is 4.79 Å². The Hall–Kier alpha value is -1.26. The number of hydrogen-bond acceptors (Lipinski definition) is 3. The number of amides is 1. The van der Waals surface area contributed by atoms with Gasteiger partial charge in [0.05, 0.1) is 24.0 Å². The van der Waals surface area contributed by atoms with Gasteiger partial charge in [-0.1, -0.05) is 11.6 Å². The van der Waals surface area contributed by atoms with Crippen LogP contribution in [-0.2, 0) is 4.79 Å². The predicted molar refractivity (Wildman–Crippen MR) is 73.6 cm³/mol. The van der Waals surface area contributed by atoms with E-state index in [1.54, 1.807) is 0 Å². The number of carbonyl (C=O) groups excluding carboxylic acids is 1. The standard InChI is InChI=1S/C13H16ClN3O/c1-8-3-9(14)4-11-13(8)16(2)7-10-5-15-6-12(18)17(10)11/h3-4,10,15H,5-7H2,1-2H3. The summed E-state index contributed by atoms with van der Waals surface area (Å²) in [7, 11) is 2.07. The molecule has 2 heterocycles. The minimum atomic E-state index is 0.127. The van der Waals surface area contributed by atoms with Crippen LogP contribution in [0.4, 0.5) is 11.4 Å². The van der Waals surface area contributed by atoms with Crippen molar-refractivity contribution >= 4 is 28.9 Å². The van der Waals surface area contributed by atoms with Crippen molar-refractivity contribution < 1.29 is 4.79 Å². The molecule has 2 aliphatic rings. The van der Waals surface area contributed by atoms with E-state index in [0.29, 0.717) is 11.6 Å². The third-order valence-corrected chi connectivity index (χ3v) is 3.88. The van der Waals surface area contributed by atoms with Gasteiger partial charge in [0.25, 0.3) is 0 Å². The van der Waals surface area contributed by atoms with Gasteiger partial charge in [0, 0.05) is 25.2 Å². The summed E-state index contributed by atoms with van der Waals surface area (Å²) in [5.74, 6) is 0.127. The van der Waals surface area contributed by atoms with Gasteiger partial charge < -0.3 is 15.1 Å². The van der Waals surface area contributed by atoms with Crippen LogP contribution in [0.5, 0.6) is 0 Å². The number of nitrogens with zero attached hydrogens (tertiary/aromatic N) is 2. The molecule has 0 spiro atoms. The molecule has 1 amide bonds. The van der Waals surface area contributed by atoms with Crippen LogP contribution in [0.25, 0.3) is 0 Å². The molecular formula is C13H16ClN3O. The highest BCUT2D eigenvalue weighted by atomic mass is 35.5. The van der Waals surface area contributed by atoms with E-state index in [0.717, 1.165) is 30.0 Å². The molecule has 1 saturated heterocycles. The molecule has 1 atom stereocenters. The summed E-state index contributed by atoms with van der Waals surface area (Å²) in [5, 5.41) is 3.85. The van der Waals surface area contributed by atoms with Gasteiger partial charge in [0.1, 0.15) is 0 Å². The molecule has 0 aliphatic carbocycles. The van der Waals surface area contributed by atoms with Crippen LogP contribution in [0.15, 0.2) is 12.1 Å². The zero-order valence-electron chi connectivity index (χ0n) is 10.5. The molecule has 0 saturated carbocycles. The Labute approximate surface area is 112 Å². The summed E-state index contributed by atoms with van der Waals surface area (Å²) in [4.78, 5) is 16.2. The molecule has 18 heavy (non-hydrogen) atoms. The summed E-state index contributed by atoms with van der Waals surface area (Å²) in [6, 6.07) is 4.04. The highest BCUT2D eigenvalue weighted by Gasteiger charge is 2.36. The van der Waals surface area contributed by atoms with E-state index in [4.69, 9.17) is 11.6 Å². The quantitative estimate of drug-likeness (QED) is 0.770. The number of anilines is 2. The number of fused-ring (bicyclic) bond motifs is 3. The summed E-state index contributed by atoms with van der Waals surface area (Å²) >= 11 is 6.14. The second-order valence-electron chi connectivity index (χ2n) is 5.02. The van der Waals surface area contributed by atoms with Crippen molar-refractivity contribution in [1.29, 1.82) is 0 Å². The van der Waals surface area contributed by atoms with Crippen LogP contribution in [0.3, 0.4) is 0 Å². The molecular weight excluding hydrogens is 250 g/mol. The van der Waals surface area contributed by atoms with E-state index in [2.05, 4.69) is 17.3 Å². The van der Waals surface area contributed by atoms with Gasteiger partial charge in [0.2, 0.25) is 5.91 Å². The fourth-order valence-corrected chi connectivity index (χ4v) is 3.28. The number of piperazine rings is 1. The number of benzene rings is 1. The van der Waals surface area contributed by atoms with Crippen LogP contribution in [0.1, 0.15) is 5.56 Å². The lowest BCUT2D eigenvalue weighted by Crippen LogP contribution is -2.61. The normalized spacial score (nSPS) is 22.8. The Kier molecular flexibility index (Phi) is 2.72. The summed E-state index contributed by atoms with van der Waals surface area (Å²) < 4.78 is 0. The topological polar surface area (TPSA) is 35.6 Å². The molecule has 2 aliphatic heterocycles. The van der Waals surface area contributed by atoms with Gasteiger partial charge in [-0.25, -0.2) is 0 Å². The first-order chi connectivity index (χ1) is 8.58. The van der Waals surface area contributed by atoms with Crippen LogP contribution in [-0.4, -0.2) is 38.6 Å². The third kappa shape index (κ3) is 1.68. The summed E-state index contributed by atoms with van der Waals surface area (Å²) in [6.07, 6.45) is 0. The SMILES string of the molecule is Cc1cc(Cl)cc2c1N(C)CC1CNCC(=O)N21. The molecule has 3 rings (SSSR count). The number of carbonyl (C=O) groups is 1. The zero-order valence-corrected chi connectivity index (χ0v) is 11.3. The maximum Gasteiger partial charge on any atom is 0.241 e. The summed E-state index contributed by atoms with van der Waals surface area (Å²) in [5.41, 5.74) is 3.18. The van der Waals surface area contributed by atoms with E-state index >= 15 is 0 Å². The second kappa shape index (κ2) is 4.14. The molecule has 1 N–H and O–H groups in total. The van der Waals surface area contributed by atoms with Gasteiger partial charge in [-0.05, 0) is 24.6 Å². The first-order valence-corrected chi connectivity index (χ1v) is 6.50. The zero-order chi connectivity index (χ0) is 12.9. The Morgan fingerprint density at radius 1 is 1.44 bits per heavy atom. The lowest BCUT2D eigenvalue weighted by molar-refractivity contribution is -0.119. The smallest absolute Gasteiger partial charge is 0.241 e. The van der Waals surface area contributed by atoms with Crippen molar-refractivity contribution in [3.63, 3.8) is 0 Å². The molecule has 5 heteroatoms. The van der Waals surface area contributed by atoms with E-state index in [1.165, 1.54) is 0 Å². The van der Waals surface area contributed by atoms with Crippen LogP contribution in [0.2, 0.25) is 5.02 Å². The molecule has 0 aromatic heterocycles. The lowest BCUT2D eigenvalue weighted by atomic mass is 10.0. The van der Waals surface area contributed by atoms with Crippen molar-refractivity contribution in [3.8, 4) is 0 Å². The van der Waals surface area contributed by atoms with Crippen molar-refractivity contribution in [2.24, 2.45) is 0 Å². The van der Waals surface area contributed by atoms with Crippen molar-refractivity contribution in [3.05, 3.63) is 22.7 Å². The van der Waals surface area contributed by atoms with E-state index in [1.807, 2.05) is 24.0 Å². The molecule has 1 fully saturated rings. The van der Waals surface area contributed by atoms with Gasteiger partial charge in [0.15, 0.2) is 0 Å². The fraction of sp³-hybridized carbons (Fsp3) is 0.462. The van der Waals surface area contributed by atoms with Gasteiger partial charge in [-0.15, -0.1) is 0 Å². The highest BCUT2D eigenvalue weighted by molar-refractivity contribution is 6.31. The number of aryl methyl sites for hydroxylation is 1.